The standard InChI is InChI=1S/C15H22FN5S2.ClH/c1-10-19-12(9-22-10)6-21-5-11(16)3-13(21)7-20(2)8-14-4-18-15(17)23-14;/h4,9,11,13H,3,5-8H2,1-2H3,(H2,17,18);1H/t11-,13-;/m0./s1. The zero-order valence-corrected chi connectivity index (χ0v) is 16.3. The van der Waals surface area contributed by atoms with E-state index in [9.17, 15) is 4.39 Å². The van der Waals surface area contributed by atoms with Crippen molar-refractivity contribution in [1.82, 2.24) is 19.8 Å². The Bertz CT molecular complexity index is 649. The molecule has 1 aliphatic heterocycles. The Hall–Kier alpha value is -0.800. The van der Waals surface area contributed by atoms with Crippen LogP contribution in [0.5, 0.6) is 0 Å². The van der Waals surface area contributed by atoms with Crippen molar-refractivity contribution in [2.45, 2.75) is 38.6 Å². The van der Waals surface area contributed by atoms with Gasteiger partial charge in [0.1, 0.15) is 6.17 Å². The molecule has 0 saturated carbocycles. The molecule has 9 heteroatoms. The molecule has 0 unspecified atom stereocenters. The number of rotatable bonds is 6. The molecule has 2 atom stereocenters. The van der Waals surface area contributed by atoms with E-state index in [2.05, 4.69) is 32.2 Å². The van der Waals surface area contributed by atoms with Gasteiger partial charge in [-0.15, -0.1) is 35.1 Å². The number of halogens is 2. The van der Waals surface area contributed by atoms with Crippen LogP contribution in [0.2, 0.25) is 0 Å². The number of hydrogen-bond acceptors (Lipinski definition) is 7. The number of nitrogens with two attached hydrogens (primary N) is 1. The van der Waals surface area contributed by atoms with Gasteiger partial charge in [-0.1, -0.05) is 0 Å². The van der Waals surface area contributed by atoms with Crippen LogP contribution in [0.3, 0.4) is 0 Å². The predicted molar refractivity (Wildman–Crippen MR) is 101 cm³/mol. The molecule has 0 radical (unpaired) electrons. The fraction of sp³-hybridized carbons (Fsp3) is 0.600. The Balaban J connectivity index is 0.00000208. The molecule has 5 nitrogen and oxygen atoms in total. The molecule has 3 rings (SSSR count). The normalized spacial score (nSPS) is 21.3. The summed E-state index contributed by atoms with van der Waals surface area (Å²) in [7, 11) is 2.06. The van der Waals surface area contributed by atoms with Gasteiger partial charge in [0.05, 0.1) is 10.7 Å². The minimum Gasteiger partial charge on any atom is -0.375 e. The van der Waals surface area contributed by atoms with E-state index in [4.69, 9.17) is 5.73 Å². The Morgan fingerprint density at radius 3 is 2.92 bits per heavy atom. The van der Waals surface area contributed by atoms with Gasteiger partial charge in [0.2, 0.25) is 0 Å². The average molecular weight is 392 g/mol. The van der Waals surface area contributed by atoms with Gasteiger partial charge in [-0.05, 0) is 20.4 Å². The Kier molecular flexibility index (Phi) is 6.94. The summed E-state index contributed by atoms with van der Waals surface area (Å²) in [5.41, 5.74) is 6.72. The number of thiazole rings is 2. The maximum atomic E-state index is 13.9. The molecule has 0 spiro atoms. The lowest BCUT2D eigenvalue weighted by molar-refractivity contribution is 0.180. The van der Waals surface area contributed by atoms with Crippen LogP contribution in [0.1, 0.15) is 22.0 Å². The van der Waals surface area contributed by atoms with Crippen LogP contribution in [0.4, 0.5) is 9.52 Å². The average Bonchev–Trinajstić information content (AvgIpc) is 3.14. The van der Waals surface area contributed by atoms with Crippen molar-refractivity contribution in [3.63, 3.8) is 0 Å². The number of anilines is 1. The molecule has 2 N–H and O–H groups in total. The van der Waals surface area contributed by atoms with Crippen LogP contribution in [0.15, 0.2) is 11.6 Å². The van der Waals surface area contributed by atoms with Crippen LogP contribution in [-0.4, -0.2) is 52.1 Å². The first-order valence-corrected chi connectivity index (χ1v) is 9.37. The van der Waals surface area contributed by atoms with Crippen molar-refractivity contribution in [2.75, 3.05) is 25.9 Å². The van der Waals surface area contributed by atoms with E-state index >= 15 is 0 Å². The zero-order chi connectivity index (χ0) is 16.4. The number of nitrogens with zero attached hydrogens (tertiary/aromatic N) is 4. The van der Waals surface area contributed by atoms with Gasteiger partial charge in [0.15, 0.2) is 5.13 Å². The van der Waals surface area contributed by atoms with E-state index in [0.29, 0.717) is 18.1 Å². The molecule has 0 aliphatic carbocycles. The van der Waals surface area contributed by atoms with E-state index in [1.807, 2.05) is 13.1 Å². The smallest absolute Gasteiger partial charge is 0.180 e. The highest BCUT2D eigenvalue weighted by molar-refractivity contribution is 7.15. The van der Waals surface area contributed by atoms with Crippen molar-refractivity contribution in [3.05, 3.63) is 27.2 Å². The van der Waals surface area contributed by atoms with Crippen LogP contribution >= 0.6 is 35.1 Å². The molecule has 0 amide bonds. The highest BCUT2D eigenvalue weighted by Gasteiger charge is 2.33. The largest absolute Gasteiger partial charge is 0.375 e. The summed E-state index contributed by atoms with van der Waals surface area (Å²) in [6, 6.07) is 0.224. The van der Waals surface area contributed by atoms with Gasteiger partial charge in [-0.3, -0.25) is 9.80 Å². The highest BCUT2D eigenvalue weighted by Crippen LogP contribution is 2.25. The van der Waals surface area contributed by atoms with E-state index in [-0.39, 0.29) is 18.4 Å². The number of likely N-dealkylation sites (tertiary alicyclic amines) is 1. The first-order valence-electron chi connectivity index (χ1n) is 7.67. The van der Waals surface area contributed by atoms with Gasteiger partial charge in [0.25, 0.3) is 0 Å². The SMILES string of the molecule is Cc1nc(CN2C[C@@H](F)C[C@H]2CN(C)Cc2cnc(N)s2)cs1.Cl. The molecule has 1 aliphatic rings. The van der Waals surface area contributed by atoms with Crippen molar-refractivity contribution in [2.24, 2.45) is 0 Å². The summed E-state index contributed by atoms with van der Waals surface area (Å²) >= 11 is 3.16. The second-order valence-electron chi connectivity index (χ2n) is 6.14. The van der Waals surface area contributed by atoms with Crippen molar-refractivity contribution in [3.8, 4) is 0 Å². The first kappa shape index (κ1) is 19.5. The molecule has 0 aromatic carbocycles. The number of nitrogen functional groups attached to an aromatic ring is 1. The van der Waals surface area contributed by atoms with E-state index < -0.39 is 6.17 Å². The van der Waals surface area contributed by atoms with Crippen LogP contribution < -0.4 is 5.73 Å². The van der Waals surface area contributed by atoms with Gasteiger partial charge < -0.3 is 5.73 Å². The monoisotopic (exact) mass is 391 g/mol. The summed E-state index contributed by atoms with van der Waals surface area (Å²) < 4.78 is 13.9. The zero-order valence-electron chi connectivity index (χ0n) is 13.8. The third-order valence-electron chi connectivity index (χ3n) is 4.03. The molecular weight excluding hydrogens is 369 g/mol. The summed E-state index contributed by atoms with van der Waals surface area (Å²) in [5.74, 6) is 0. The minimum absolute atomic E-state index is 0. The maximum Gasteiger partial charge on any atom is 0.180 e. The molecule has 3 heterocycles. The molecule has 24 heavy (non-hydrogen) atoms. The Labute approximate surface area is 156 Å². The maximum absolute atomic E-state index is 13.9. The van der Waals surface area contributed by atoms with Gasteiger partial charge in [-0.25, -0.2) is 14.4 Å². The number of likely N-dealkylation sites (N-methyl/N-ethyl adjacent to an activating group) is 1. The van der Waals surface area contributed by atoms with Crippen molar-refractivity contribution < 1.29 is 4.39 Å². The van der Waals surface area contributed by atoms with Crippen LogP contribution in [0, 0.1) is 6.92 Å². The second kappa shape index (κ2) is 8.53. The predicted octanol–water partition coefficient (Wildman–Crippen LogP) is 2.96. The fourth-order valence-corrected chi connectivity index (χ4v) is 4.45. The van der Waals surface area contributed by atoms with E-state index in [1.165, 1.54) is 11.3 Å². The van der Waals surface area contributed by atoms with Crippen molar-refractivity contribution in [1.29, 1.82) is 0 Å². The van der Waals surface area contributed by atoms with Gasteiger partial charge in [0, 0.05) is 48.7 Å². The lowest BCUT2D eigenvalue weighted by atomic mass is 10.2. The third-order valence-corrected chi connectivity index (χ3v) is 5.66. The number of aromatic nitrogens is 2. The fourth-order valence-electron chi connectivity index (χ4n) is 3.08. The van der Waals surface area contributed by atoms with Gasteiger partial charge in [-0.2, -0.15) is 0 Å². The topological polar surface area (TPSA) is 58.3 Å². The first-order chi connectivity index (χ1) is 11.0. The summed E-state index contributed by atoms with van der Waals surface area (Å²) in [4.78, 5) is 14.2. The highest BCUT2D eigenvalue weighted by atomic mass is 35.5. The molecule has 0 bridgehead atoms. The van der Waals surface area contributed by atoms with E-state index in [0.717, 1.165) is 35.2 Å². The van der Waals surface area contributed by atoms with Gasteiger partial charge >= 0.3 is 0 Å². The lowest BCUT2D eigenvalue weighted by Crippen LogP contribution is -2.38. The summed E-state index contributed by atoms with van der Waals surface area (Å²) in [6.45, 7) is 4.87. The molecule has 1 fully saturated rings. The number of hydrogen-bond donors (Lipinski definition) is 1. The van der Waals surface area contributed by atoms with Crippen LogP contribution in [0.25, 0.3) is 0 Å². The quantitative estimate of drug-likeness (QED) is 0.820. The molecule has 2 aromatic heterocycles. The molecular formula is C15H23ClFN5S2. The van der Waals surface area contributed by atoms with E-state index in [1.54, 1.807) is 11.3 Å². The lowest BCUT2D eigenvalue weighted by Gasteiger charge is -2.27. The molecule has 2 aromatic rings. The minimum atomic E-state index is -0.743. The second-order valence-corrected chi connectivity index (χ2v) is 8.34. The third kappa shape index (κ3) is 5.10. The Morgan fingerprint density at radius 2 is 2.29 bits per heavy atom. The number of alkyl halides is 1. The summed E-state index contributed by atoms with van der Waals surface area (Å²) in [6.07, 6.45) is 1.67. The van der Waals surface area contributed by atoms with Crippen LogP contribution in [-0.2, 0) is 13.1 Å². The molecule has 1 saturated heterocycles. The summed E-state index contributed by atoms with van der Waals surface area (Å²) in [5, 5.41) is 3.73. The van der Waals surface area contributed by atoms with Crippen molar-refractivity contribution >= 4 is 40.2 Å². The molecule has 134 valence electrons. The Morgan fingerprint density at radius 1 is 1.50 bits per heavy atom. The number of aryl methyl sites for hydroxylation is 1.